The summed E-state index contributed by atoms with van der Waals surface area (Å²) in [4.78, 5) is 11.9. The van der Waals surface area contributed by atoms with Gasteiger partial charge < -0.3 is 5.73 Å². The molecule has 0 spiro atoms. The van der Waals surface area contributed by atoms with Crippen molar-refractivity contribution >= 4 is 15.8 Å². The molecule has 0 radical (unpaired) electrons. The number of hydrogen-bond acceptors (Lipinski definition) is 6. The molecular weight excluding hydrogens is 216 g/mol. The van der Waals surface area contributed by atoms with Crippen molar-refractivity contribution in [2.45, 2.75) is 24.5 Å². The fourth-order valence-corrected chi connectivity index (χ4v) is 1.88. The molecule has 0 saturated heterocycles. The van der Waals surface area contributed by atoms with Gasteiger partial charge in [-0.25, -0.2) is 13.4 Å². The molecule has 1 saturated carbocycles. The number of nitrogens with zero attached hydrogens (tertiary/aromatic N) is 3. The lowest BCUT2D eigenvalue weighted by Crippen LogP contribution is -2.10. The molecule has 82 valence electrons. The van der Waals surface area contributed by atoms with E-state index in [1.165, 1.54) is 0 Å². The van der Waals surface area contributed by atoms with Crippen molar-refractivity contribution in [2.24, 2.45) is 0 Å². The fourth-order valence-electron chi connectivity index (χ4n) is 1.28. The highest BCUT2D eigenvalue weighted by Gasteiger charge is 2.27. The molecular formula is C8H12N4O2S. The van der Waals surface area contributed by atoms with Crippen LogP contribution in [0.25, 0.3) is 0 Å². The summed E-state index contributed by atoms with van der Waals surface area (Å²) in [5, 5.41) is 0. The number of aromatic nitrogens is 3. The van der Waals surface area contributed by atoms with Gasteiger partial charge in [0.15, 0.2) is 9.84 Å². The zero-order valence-electron chi connectivity index (χ0n) is 8.34. The van der Waals surface area contributed by atoms with Crippen LogP contribution in [0.15, 0.2) is 0 Å². The Bertz CT molecular complexity index is 481. The van der Waals surface area contributed by atoms with Crippen molar-refractivity contribution in [1.82, 2.24) is 15.0 Å². The normalized spacial score (nSPS) is 16.6. The SMILES string of the molecule is CS(=O)(=O)Cc1nc(N)nc(C2CC2)n1. The van der Waals surface area contributed by atoms with Crippen molar-refractivity contribution in [2.75, 3.05) is 12.0 Å². The van der Waals surface area contributed by atoms with Gasteiger partial charge in [0.2, 0.25) is 5.95 Å². The summed E-state index contributed by atoms with van der Waals surface area (Å²) >= 11 is 0. The topological polar surface area (TPSA) is 98.8 Å². The summed E-state index contributed by atoms with van der Waals surface area (Å²) in [6.45, 7) is 0. The van der Waals surface area contributed by atoms with Gasteiger partial charge in [0.05, 0.1) is 0 Å². The third-order valence-corrected chi connectivity index (χ3v) is 2.83. The van der Waals surface area contributed by atoms with E-state index >= 15 is 0 Å². The summed E-state index contributed by atoms with van der Waals surface area (Å²) < 4.78 is 22.1. The average molecular weight is 228 g/mol. The Hall–Kier alpha value is -1.24. The van der Waals surface area contributed by atoms with Gasteiger partial charge in [-0.15, -0.1) is 0 Å². The van der Waals surface area contributed by atoms with Crippen LogP contribution < -0.4 is 5.73 Å². The second-order valence-electron chi connectivity index (χ2n) is 3.81. The van der Waals surface area contributed by atoms with Gasteiger partial charge in [-0.3, -0.25) is 0 Å². The number of rotatable bonds is 3. The van der Waals surface area contributed by atoms with Crippen LogP contribution >= 0.6 is 0 Å². The molecule has 1 fully saturated rings. The summed E-state index contributed by atoms with van der Waals surface area (Å²) in [6.07, 6.45) is 3.23. The quantitative estimate of drug-likeness (QED) is 0.774. The highest BCUT2D eigenvalue weighted by atomic mass is 32.2. The average Bonchev–Trinajstić information content (AvgIpc) is 2.80. The molecule has 1 aliphatic carbocycles. The molecule has 0 aromatic carbocycles. The van der Waals surface area contributed by atoms with Crippen LogP contribution in [0.5, 0.6) is 0 Å². The van der Waals surface area contributed by atoms with E-state index in [-0.39, 0.29) is 17.5 Å². The molecule has 1 aromatic rings. The van der Waals surface area contributed by atoms with Gasteiger partial charge in [0.1, 0.15) is 17.4 Å². The molecule has 1 aromatic heterocycles. The number of nitrogen functional groups attached to an aromatic ring is 1. The molecule has 7 heteroatoms. The molecule has 15 heavy (non-hydrogen) atoms. The van der Waals surface area contributed by atoms with E-state index in [9.17, 15) is 8.42 Å². The van der Waals surface area contributed by atoms with Gasteiger partial charge >= 0.3 is 0 Å². The molecule has 0 aliphatic heterocycles. The van der Waals surface area contributed by atoms with Gasteiger partial charge in [-0.2, -0.15) is 9.97 Å². The Morgan fingerprint density at radius 3 is 2.53 bits per heavy atom. The largest absolute Gasteiger partial charge is 0.368 e. The highest BCUT2D eigenvalue weighted by Crippen LogP contribution is 2.38. The number of hydrogen-bond donors (Lipinski definition) is 1. The summed E-state index contributed by atoms with van der Waals surface area (Å²) in [5.74, 6) is 1.13. The monoisotopic (exact) mass is 228 g/mol. The van der Waals surface area contributed by atoms with Crippen molar-refractivity contribution in [3.8, 4) is 0 Å². The summed E-state index contributed by atoms with van der Waals surface area (Å²) in [5.41, 5.74) is 5.49. The lowest BCUT2D eigenvalue weighted by atomic mass is 10.4. The van der Waals surface area contributed by atoms with E-state index in [0.29, 0.717) is 11.7 Å². The van der Waals surface area contributed by atoms with E-state index in [1.54, 1.807) is 0 Å². The molecule has 0 unspecified atom stereocenters. The molecule has 1 aliphatic rings. The zero-order valence-corrected chi connectivity index (χ0v) is 9.16. The maximum absolute atomic E-state index is 11.1. The van der Waals surface area contributed by atoms with Gasteiger partial charge in [0, 0.05) is 12.2 Å². The Balaban J connectivity index is 2.31. The third-order valence-electron chi connectivity index (χ3n) is 2.05. The molecule has 2 rings (SSSR count). The maximum Gasteiger partial charge on any atom is 0.223 e. The van der Waals surface area contributed by atoms with Crippen LogP contribution in [0, 0.1) is 0 Å². The minimum Gasteiger partial charge on any atom is -0.368 e. The van der Waals surface area contributed by atoms with Gasteiger partial charge in [-0.05, 0) is 12.8 Å². The first-order valence-corrected chi connectivity index (χ1v) is 6.68. The smallest absolute Gasteiger partial charge is 0.223 e. The van der Waals surface area contributed by atoms with Crippen molar-refractivity contribution < 1.29 is 8.42 Å². The molecule has 6 nitrogen and oxygen atoms in total. The summed E-state index contributed by atoms with van der Waals surface area (Å²) in [6, 6.07) is 0. The lowest BCUT2D eigenvalue weighted by molar-refractivity contribution is 0.599. The second kappa shape index (κ2) is 3.41. The van der Waals surface area contributed by atoms with Crippen LogP contribution in [-0.4, -0.2) is 29.6 Å². The predicted octanol–water partition coefficient (Wildman–Crippen LogP) is -0.124. The van der Waals surface area contributed by atoms with Gasteiger partial charge in [0.25, 0.3) is 0 Å². The lowest BCUT2D eigenvalue weighted by Gasteiger charge is -2.02. The Morgan fingerprint density at radius 1 is 1.33 bits per heavy atom. The fraction of sp³-hybridized carbons (Fsp3) is 0.625. The Kier molecular flexibility index (Phi) is 2.34. The minimum atomic E-state index is -3.12. The first kappa shape index (κ1) is 10.3. The first-order valence-electron chi connectivity index (χ1n) is 4.62. The highest BCUT2D eigenvalue weighted by molar-refractivity contribution is 7.89. The third kappa shape index (κ3) is 2.85. The van der Waals surface area contributed by atoms with Crippen LogP contribution in [0.2, 0.25) is 0 Å². The van der Waals surface area contributed by atoms with E-state index < -0.39 is 9.84 Å². The number of sulfone groups is 1. The van der Waals surface area contributed by atoms with Gasteiger partial charge in [-0.1, -0.05) is 0 Å². The van der Waals surface area contributed by atoms with Crippen molar-refractivity contribution in [3.05, 3.63) is 11.6 Å². The molecule has 2 N–H and O–H groups in total. The van der Waals surface area contributed by atoms with Crippen molar-refractivity contribution in [1.29, 1.82) is 0 Å². The maximum atomic E-state index is 11.1. The van der Waals surface area contributed by atoms with Crippen LogP contribution in [0.1, 0.15) is 30.4 Å². The van der Waals surface area contributed by atoms with E-state index in [0.717, 1.165) is 19.1 Å². The first-order chi connectivity index (χ1) is 6.94. The van der Waals surface area contributed by atoms with E-state index in [1.807, 2.05) is 0 Å². The Labute approximate surface area is 87.9 Å². The van der Waals surface area contributed by atoms with E-state index in [4.69, 9.17) is 5.73 Å². The zero-order chi connectivity index (χ0) is 11.1. The molecule has 1 heterocycles. The number of anilines is 1. The molecule has 0 atom stereocenters. The molecule has 0 bridgehead atoms. The molecule has 0 amide bonds. The van der Waals surface area contributed by atoms with Crippen LogP contribution in [0.4, 0.5) is 5.95 Å². The Morgan fingerprint density at radius 2 is 2.00 bits per heavy atom. The number of nitrogens with two attached hydrogens (primary N) is 1. The summed E-state index contributed by atoms with van der Waals surface area (Å²) in [7, 11) is -3.12. The van der Waals surface area contributed by atoms with Crippen molar-refractivity contribution in [3.63, 3.8) is 0 Å². The van der Waals surface area contributed by atoms with E-state index in [2.05, 4.69) is 15.0 Å². The van der Waals surface area contributed by atoms with Crippen LogP contribution in [0.3, 0.4) is 0 Å². The predicted molar refractivity (Wildman–Crippen MR) is 54.8 cm³/mol. The second-order valence-corrected chi connectivity index (χ2v) is 5.95. The standard InChI is InChI=1S/C8H12N4O2S/c1-15(13,14)4-6-10-7(5-2-3-5)12-8(9)11-6/h5H,2-4H2,1H3,(H2,9,10,11,12). The van der Waals surface area contributed by atoms with Crippen LogP contribution in [-0.2, 0) is 15.6 Å². The minimum absolute atomic E-state index is 0.102.